The second-order valence-corrected chi connectivity index (χ2v) is 6.07. The molecule has 0 saturated carbocycles. The summed E-state index contributed by atoms with van der Waals surface area (Å²) in [5, 5.41) is 3.47. The average Bonchev–Trinajstić information content (AvgIpc) is 2.56. The van der Waals surface area contributed by atoms with Crippen molar-refractivity contribution in [3.63, 3.8) is 0 Å². The van der Waals surface area contributed by atoms with E-state index in [1.165, 1.54) is 5.56 Å². The molecule has 3 nitrogen and oxygen atoms in total. The fraction of sp³-hybridized carbons (Fsp3) is 0.400. The van der Waals surface area contributed by atoms with Crippen molar-refractivity contribution in [2.45, 2.75) is 33.4 Å². The smallest absolute Gasteiger partial charge is 0.165 e. The molecule has 0 aliphatic heterocycles. The maximum Gasteiger partial charge on any atom is 0.165 e. The van der Waals surface area contributed by atoms with Crippen LogP contribution in [0.3, 0.4) is 0 Å². The van der Waals surface area contributed by atoms with Gasteiger partial charge in [-0.05, 0) is 24.0 Å². The maximum absolute atomic E-state index is 6.01. The first-order valence-electron chi connectivity index (χ1n) is 8.24. The van der Waals surface area contributed by atoms with Crippen molar-refractivity contribution in [1.82, 2.24) is 5.32 Å². The zero-order chi connectivity index (χ0) is 16.5. The molecule has 0 bridgehead atoms. The number of benzene rings is 2. The van der Waals surface area contributed by atoms with Crippen LogP contribution < -0.4 is 14.8 Å². The standard InChI is InChI=1S/C20H27NO2/c1-16(2)12-13-23-20-18(10-7-11-19(20)22-3)15-21-14-17-8-5-4-6-9-17/h4-11,16,21H,12-15H2,1-3H3. The Hall–Kier alpha value is -2.00. The van der Waals surface area contributed by atoms with Gasteiger partial charge in [0, 0.05) is 18.7 Å². The van der Waals surface area contributed by atoms with Crippen LogP contribution in [0.4, 0.5) is 0 Å². The lowest BCUT2D eigenvalue weighted by atomic mass is 10.1. The third-order valence-corrected chi connectivity index (χ3v) is 3.71. The molecule has 0 atom stereocenters. The van der Waals surface area contributed by atoms with E-state index in [1.807, 2.05) is 18.2 Å². The second kappa shape index (κ2) is 9.21. The van der Waals surface area contributed by atoms with Crippen molar-refractivity contribution in [2.24, 2.45) is 5.92 Å². The molecular weight excluding hydrogens is 286 g/mol. The first-order chi connectivity index (χ1) is 11.2. The fourth-order valence-electron chi connectivity index (χ4n) is 2.36. The third kappa shape index (κ3) is 5.61. The van der Waals surface area contributed by atoms with Gasteiger partial charge in [0.05, 0.1) is 13.7 Å². The molecule has 2 rings (SSSR count). The minimum absolute atomic E-state index is 0.629. The van der Waals surface area contributed by atoms with E-state index in [9.17, 15) is 0 Å². The SMILES string of the molecule is COc1cccc(CNCc2ccccc2)c1OCCC(C)C. The topological polar surface area (TPSA) is 30.5 Å². The molecule has 0 spiro atoms. The Morgan fingerprint density at radius 1 is 0.957 bits per heavy atom. The van der Waals surface area contributed by atoms with Gasteiger partial charge in [-0.25, -0.2) is 0 Å². The zero-order valence-corrected chi connectivity index (χ0v) is 14.3. The molecule has 0 aromatic heterocycles. The lowest BCUT2D eigenvalue weighted by molar-refractivity contribution is 0.269. The van der Waals surface area contributed by atoms with Crippen molar-refractivity contribution in [1.29, 1.82) is 0 Å². The van der Waals surface area contributed by atoms with E-state index in [4.69, 9.17) is 9.47 Å². The summed E-state index contributed by atoms with van der Waals surface area (Å²) in [6.07, 6.45) is 1.04. The Morgan fingerprint density at radius 2 is 1.74 bits per heavy atom. The molecule has 0 heterocycles. The summed E-state index contributed by atoms with van der Waals surface area (Å²) in [7, 11) is 1.69. The summed E-state index contributed by atoms with van der Waals surface area (Å²) >= 11 is 0. The summed E-state index contributed by atoms with van der Waals surface area (Å²) in [4.78, 5) is 0. The quantitative estimate of drug-likeness (QED) is 0.744. The van der Waals surface area contributed by atoms with Gasteiger partial charge in [0.25, 0.3) is 0 Å². The minimum Gasteiger partial charge on any atom is -0.493 e. The van der Waals surface area contributed by atoms with Crippen molar-refractivity contribution in [3.8, 4) is 11.5 Å². The highest BCUT2D eigenvalue weighted by Crippen LogP contribution is 2.31. The Bertz CT molecular complexity index is 581. The van der Waals surface area contributed by atoms with Crippen LogP contribution in [-0.2, 0) is 13.1 Å². The zero-order valence-electron chi connectivity index (χ0n) is 14.3. The second-order valence-electron chi connectivity index (χ2n) is 6.07. The van der Waals surface area contributed by atoms with E-state index in [0.29, 0.717) is 12.5 Å². The molecule has 0 aliphatic rings. The molecule has 23 heavy (non-hydrogen) atoms. The van der Waals surface area contributed by atoms with Gasteiger partial charge in [0.2, 0.25) is 0 Å². The molecule has 2 aromatic carbocycles. The number of nitrogens with one attached hydrogen (secondary N) is 1. The van der Waals surface area contributed by atoms with Gasteiger partial charge in [0.15, 0.2) is 11.5 Å². The van der Waals surface area contributed by atoms with Crippen LogP contribution >= 0.6 is 0 Å². The number of ether oxygens (including phenoxy) is 2. The fourth-order valence-corrected chi connectivity index (χ4v) is 2.36. The predicted molar refractivity (Wildman–Crippen MR) is 94.9 cm³/mol. The molecule has 0 radical (unpaired) electrons. The van der Waals surface area contributed by atoms with Crippen LogP contribution in [-0.4, -0.2) is 13.7 Å². The lowest BCUT2D eigenvalue weighted by Gasteiger charge is -2.16. The van der Waals surface area contributed by atoms with Crippen LogP contribution in [0.2, 0.25) is 0 Å². The van der Waals surface area contributed by atoms with Gasteiger partial charge >= 0.3 is 0 Å². The highest BCUT2D eigenvalue weighted by Gasteiger charge is 2.10. The molecule has 1 N–H and O–H groups in total. The summed E-state index contributed by atoms with van der Waals surface area (Å²) in [6, 6.07) is 16.4. The summed E-state index contributed by atoms with van der Waals surface area (Å²) < 4.78 is 11.5. The first kappa shape index (κ1) is 17.4. The van der Waals surface area contributed by atoms with E-state index in [-0.39, 0.29) is 0 Å². The van der Waals surface area contributed by atoms with Gasteiger partial charge < -0.3 is 14.8 Å². The van der Waals surface area contributed by atoms with Crippen LogP contribution in [0.25, 0.3) is 0 Å². The number of methoxy groups -OCH3 is 1. The number of hydrogen-bond donors (Lipinski definition) is 1. The van der Waals surface area contributed by atoms with Gasteiger partial charge in [0.1, 0.15) is 0 Å². The van der Waals surface area contributed by atoms with Crippen molar-refractivity contribution in [2.75, 3.05) is 13.7 Å². The van der Waals surface area contributed by atoms with Crippen molar-refractivity contribution in [3.05, 3.63) is 59.7 Å². The van der Waals surface area contributed by atoms with E-state index < -0.39 is 0 Å². The molecule has 2 aromatic rings. The normalized spacial score (nSPS) is 10.8. The van der Waals surface area contributed by atoms with E-state index in [1.54, 1.807) is 7.11 Å². The number of hydrogen-bond acceptors (Lipinski definition) is 3. The molecule has 124 valence electrons. The van der Waals surface area contributed by atoms with Crippen LogP contribution in [0.5, 0.6) is 11.5 Å². The molecular formula is C20H27NO2. The minimum atomic E-state index is 0.629. The molecule has 0 saturated heterocycles. The van der Waals surface area contributed by atoms with Gasteiger partial charge in [-0.2, -0.15) is 0 Å². The van der Waals surface area contributed by atoms with Crippen LogP contribution in [0, 0.1) is 5.92 Å². The average molecular weight is 313 g/mol. The first-order valence-corrected chi connectivity index (χ1v) is 8.24. The van der Waals surface area contributed by atoms with Crippen molar-refractivity contribution < 1.29 is 9.47 Å². The highest BCUT2D eigenvalue weighted by molar-refractivity contribution is 5.46. The lowest BCUT2D eigenvalue weighted by Crippen LogP contribution is -2.14. The van der Waals surface area contributed by atoms with Crippen LogP contribution in [0.1, 0.15) is 31.4 Å². The van der Waals surface area contributed by atoms with Gasteiger partial charge in [-0.3, -0.25) is 0 Å². The Labute approximate surface area is 139 Å². The monoisotopic (exact) mass is 313 g/mol. The van der Waals surface area contributed by atoms with Crippen molar-refractivity contribution >= 4 is 0 Å². The molecule has 0 aliphatic carbocycles. The summed E-state index contributed by atoms with van der Waals surface area (Å²) in [5.74, 6) is 2.29. The number of rotatable bonds is 9. The number of para-hydroxylation sites is 1. The Kier molecular flexibility index (Phi) is 6.95. The third-order valence-electron chi connectivity index (χ3n) is 3.71. The maximum atomic E-state index is 6.01. The molecule has 0 amide bonds. The molecule has 3 heteroatoms. The van der Waals surface area contributed by atoms with E-state index in [0.717, 1.165) is 36.6 Å². The summed E-state index contributed by atoms with van der Waals surface area (Å²) in [5.41, 5.74) is 2.40. The largest absolute Gasteiger partial charge is 0.493 e. The molecule has 0 fully saturated rings. The van der Waals surface area contributed by atoms with E-state index >= 15 is 0 Å². The summed E-state index contributed by atoms with van der Waals surface area (Å²) in [6.45, 7) is 6.71. The van der Waals surface area contributed by atoms with Crippen LogP contribution in [0.15, 0.2) is 48.5 Å². The predicted octanol–water partition coefficient (Wildman–Crippen LogP) is 4.41. The van der Waals surface area contributed by atoms with Gasteiger partial charge in [-0.15, -0.1) is 0 Å². The Morgan fingerprint density at radius 3 is 2.43 bits per heavy atom. The highest BCUT2D eigenvalue weighted by atomic mass is 16.5. The van der Waals surface area contributed by atoms with E-state index in [2.05, 4.69) is 49.5 Å². The van der Waals surface area contributed by atoms with Gasteiger partial charge in [-0.1, -0.05) is 56.3 Å². The molecule has 0 unspecified atom stereocenters. The Balaban J connectivity index is 1.99.